The van der Waals surface area contributed by atoms with Crippen LogP contribution in [0.5, 0.6) is 0 Å². The molecule has 0 spiro atoms. The van der Waals surface area contributed by atoms with Gasteiger partial charge in [-0.2, -0.15) is 0 Å². The van der Waals surface area contributed by atoms with Gasteiger partial charge in [0, 0.05) is 11.8 Å². The second kappa shape index (κ2) is 5.65. The van der Waals surface area contributed by atoms with Crippen molar-refractivity contribution in [3.63, 3.8) is 0 Å². The van der Waals surface area contributed by atoms with Crippen LogP contribution < -0.4 is 0 Å². The first-order valence-corrected chi connectivity index (χ1v) is 5.46. The van der Waals surface area contributed by atoms with Crippen LogP contribution in [0.15, 0.2) is 41.4 Å². The molecule has 0 radical (unpaired) electrons. The molecular formula is C14H9F4N. The molecule has 0 atom stereocenters. The highest BCUT2D eigenvalue weighted by molar-refractivity contribution is 5.80. The molecular weight excluding hydrogens is 258 g/mol. The lowest BCUT2D eigenvalue weighted by molar-refractivity contribution is 0.408. The van der Waals surface area contributed by atoms with E-state index >= 15 is 0 Å². The summed E-state index contributed by atoms with van der Waals surface area (Å²) in [5.41, 5.74) is 0.439. The van der Waals surface area contributed by atoms with E-state index in [1.54, 1.807) is 12.1 Å². The zero-order valence-corrected chi connectivity index (χ0v) is 9.71. The monoisotopic (exact) mass is 267 g/mol. The molecule has 0 aliphatic carbocycles. The third kappa shape index (κ3) is 2.99. The van der Waals surface area contributed by atoms with Crippen LogP contribution in [0.25, 0.3) is 0 Å². The number of nitrogens with zero attached hydrogens (tertiary/aromatic N) is 1. The fourth-order valence-corrected chi connectivity index (χ4v) is 1.52. The summed E-state index contributed by atoms with van der Waals surface area (Å²) in [6, 6.07) is 9.63. The van der Waals surface area contributed by atoms with Gasteiger partial charge in [-0.05, 0) is 11.6 Å². The van der Waals surface area contributed by atoms with Gasteiger partial charge in [-0.25, -0.2) is 17.6 Å². The van der Waals surface area contributed by atoms with E-state index in [-0.39, 0.29) is 6.54 Å². The first-order chi connectivity index (χ1) is 9.09. The summed E-state index contributed by atoms with van der Waals surface area (Å²) in [7, 11) is 0. The highest BCUT2D eigenvalue weighted by Crippen LogP contribution is 2.17. The SMILES string of the molecule is Fc1cc(/C=N/Cc2ccccc2)c(F)c(F)c1F. The van der Waals surface area contributed by atoms with E-state index in [1.807, 2.05) is 18.2 Å². The van der Waals surface area contributed by atoms with Crippen molar-refractivity contribution >= 4 is 6.21 Å². The molecule has 19 heavy (non-hydrogen) atoms. The average molecular weight is 267 g/mol. The summed E-state index contributed by atoms with van der Waals surface area (Å²) >= 11 is 0. The number of hydrogen-bond acceptors (Lipinski definition) is 1. The van der Waals surface area contributed by atoms with Gasteiger partial charge in [0.2, 0.25) is 0 Å². The topological polar surface area (TPSA) is 12.4 Å². The Morgan fingerprint density at radius 3 is 2.26 bits per heavy atom. The zero-order chi connectivity index (χ0) is 13.8. The van der Waals surface area contributed by atoms with Crippen LogP contribution >= 0.6 is 0 Å². The van der Waals surface area contributed by atoms with Crippen molar-refractivity contribution in [2.45, 2.75) is 6.54 Å². The number of hydrogen-bond donors (Lipinski definition) is 0. The molecule has 98 valence electrons. The fraction of sp³-hybridized carbons (Fsp3) is 0.0714. The molecule has 1 nitrogen and oxygen atoms in total. The van der Waals surface area contributed by atoms with E-state index in [9.17, 15) is 17.6 Å². The first-order valence-electron chi connectivity index (χ1n) is 5.46. The summed E-state index contributed by atoms with van der Waals surface area (Å²) in [5.74, 6) is -6.55. The van der Waals surface area contributed by atoms with Crippen LogP contribution in [-0.4, -0.2) is 6.21 Å². The van der Waals surface area contributed by atoms with Gasteiger partial charge in [-0.15, -0.1) is 0 Å². The second-order valence-corrected chi connectivity index (χ2v) is 3.84. The number of rotatable bonds is 3. The Bertz CT molecular complexity index is 609. The van der Waals surface area contributed by atoms with Gasteiger partial charge < -0.3 is 0 Å². The molecule has 2 aromatic carbocycles. The third-order valence-corrected chi connectivity index (χ3v) is 2.48. The van der Waals surface area contributed by atoms with Gasteiger partial charge in [0.1, 0.15) is 0 Å². The van der Waals surface area contributed by atoms with Crippen LogP contribution in [0.3, 0.4) is 0 Å². The average Bonchev–Trinajstić information content (AvgIpc) is 2.43. The quantitative estimate of drug-likeness (QED) is 0.346. The molecule has 0 heterocycles. The normalized spacial score (nSPS) is 11.2. The highest BCUT2D eigenvalue weighted by atomic mass is 19.2. The predicted molar refractivity (Wildman–Crippen MR) is 64.0 cm³/mol. The lowest BCUT2D eigenvalue weighted by Gasteiger charge is -2.01. The first kappa shape index (κ1) is 13.3. The summed E-state index contributed by atoms with van der Waals surface area (Å²) in [4.78, 5) is 3.86. The lowest BCUT2D eigenvalue weighted by atomic mass is 10.2. The Balaban J connectivity index is 2.20. The van der Waals surface area contributed by atoms with Gasteiger partial charge in [-0.3, -0.25) is 4.99 Å². The van der Waals surface area contributed by atoms with Crippen LogP contribution in [0.2, 0.25) is 0 Å². The predicted octanol–water partition coefficient (Wildman–Crippen LogP) is 3.86. The molecule has 0 aliphatic heterocycles. The molecule has 0 saturated carbocycles. The van der Waals surface area contributed by atoms with Crippen molar-refractivity contribution in [2.24, 2.45) is 4.99 Å². The Kier molecular flexibility index (Phi) is 3.94. The molecule has 0 aromatic heterocycles. The second-order valence-electron chi connectivity index (χ2n) is 3.84. The highest BCUT2D eigenvalue weighted by Gasteiger charge is 2.17. The smallest absolute Gasteiger partial charge is 0.198 e. The van der Waals surface area contributed by atoms with Crippen LogP contribution in [-0.2, 0) is 6.54 Å². The summed E-state index contributed by atoms with van der Waals surface area (Å²) < 4.78 is 51.9. The van der Waals surface area contributed by atoms with E-state index in [4.69, 9.17) is 0 Å². The van der Waals surface area contributed by atoms with E-state index in [2.05, 4.69) is 4.99 Å². The number of aliphatic imine (C=N–C) groups is 1. The maximum Gasteiger partial charge on any atom is 0.198 e. The zero-order valence-electron chi connectivity index (χ0n) is 9.71. The molecule has 0 unspecified atom stereocenters. The van der Waals surface area contributed by atoms with Gasteiger partial charge in [0.25, 0.3) is 0 Å². The summed E-state index contributed by atoms with van der Waals surface area (Å²) in [6.45, 7) is 0.237. The molecule has 2 aromatic rings. The van der Waals surface area contributed by atoms with Crippen LogP contribution in [0, 0.1) is 23.3 Å². The summed E-state index contributed by atoms with van der Waals surface area (Å²) in [6.07, 6.45) is 0.980. The maximum absolute atomic E-state index is 13.3. The van der Waals surface area contributed by atoms with Gasteiger partial charge >= 0.3 is 0 Å². The summed E-state index contributed by atoms with van der Waals surface area (Å²) in [5, 5.41) is 0. The number of halogens is 4. The maximum atomic E-state index is 13.3. The largest absolute Gasteiger partial charge is 0.288 e. The van der Waals surface area contributed by atoms with Crippen LogP contribution in [0.4, 0.5) is 17.6 Å². The van der Waals surface area contributed by atoms with Crippen molar-refractivity contribution in [3.8, 4) is 0 Å². The Morgan fingerprint density at radius 1 is 0.895 bits per heavy atom. The number of benzene rings is 2. The van der Waals surface area contributed by atoms with Crippen molar-refractivity contribution < 1.29 is 17.6 Å². The molecule has 0 fully saturated rings. The van der Waals surface area contributed by atoms with Crippen molar-refractivity contribution in [3.05, 3.63) is 70.8 Å². The minimum Gasteiger partial charge on any atom is -0.288 e. The van der Waals surface area contributed by atoms with Crippen molar-refractivity contribution in [1.29, 1.82) is 0 Å². The standard InChI is InChI=1S/C14H9F4N/c15-11-6-10(12(16)14(18)13(11)17)8-19-7-9-4-2-1-3-5-9/h1-6,8H,7H2/b19-8+. The van der Waals surface area contributed by atoms with Gasteiger partial charge in [0.05, 0.1) is 6.54 Å². The van der Waals surface area contributed by atoms with Crippen molar-refractivity contribution in [1.82, 2.24) is 0 Å². The van der Waals surface area contributed by atoms with E-state index < -0.39 is 28.8 Å². The molecule has 0 amide bonds. The van der Waals surface area contributed by atoms with Crippen molar-refractivity contribution in [2.75, 3.05) is 0 Å². The van der Waals surface area contributed by atoms with Gasteiger partial charge in [-0.1, -0.05) is 30.3 Å². The Morgan fingerprint density at radius 2 is 1.58 bits per heavy atom. The van der Waals surface area contributed by atoms with E-state index in [0.29, 0.717) is 6.07 Å². The Hall–Kier alpha value is -2.17. The third-order valence-electron chi connectivity index (χ3n) is 2.48. The lowest BCUT2D eigenvalue weighted by Crippen LogP contribution is -2.01. The molecule has 0 saturated heterocycles. The molecule has 0 aliphatic rings. The van der Waals surface area contributed by atoms with Crippen LogP contribution in [0.1, 0.15) is 11.1 Å². The molecule has 0 bridgehead atoms. The molecule has 0 N–H and O–H groups in total. The molecule has 5 heteroatoms. The van der Waals surface area contributed by atoms with E-state index in [1.165, 1.54) is 0 Å². The fourth-order valence-electron chi connectivity index (χ4n) is 1.52. The Labute approximate surface area is 107 Å². The van der Waals surface area contributed by atoms with Gasteiger partial charge in [0.15, 0.2) is 23.3 Å². The van der Waals surface area contributed by atoms with E-state index in [0.717, 1.165) is 11.8 Å². The molecule has 2 rings (SSSR count). The minimum absolute atomic E-state index is 0.237. The minimum atomic E-state index is -1.83.